The number of hydrogen-bond acceptors (Lipinski definition) is 22. The van der Waals surface area contributed by atoms with Crippen molar-refractivity contribution in [2.75, 3.05) is 40.5 Å². The topological polar surface area (TPSA) is 268 Å². The molecule has 22 nitrogen and oxygen atoms in total. The van der Waals surface area contributed by atoms with Crippen LogP contribution in [0.1, 0.15) is 234 Å². The molecule has 0 N–H and O–H groups in total. The third-order valence-corrected chi connectivity index (χ3v) is 25.1. The van der Waals surface area contributed by atoms with Crippen LogP contribution in [0, 0.1) is 60.2 Å². The zero-order valence-electron chi connectivity index (χ0n) is 71.4. The van der Waals surface area contributed by atoms with E-state index in [-0.39, 0.29) is 105 Å². The Hall–Kier alpha value is -8.90. The van der Waals surface area contributed by atoms with Gasteiger partial charge >= 0.3 is 23.9 Å². The monoisotopic (exact) mass is 1630 g/mol. The lowest BCUT2D eigenvalue weighted by atomic mass is 9.87. The first-order chi connectivity index (χ1) is 55.0. The second-order valence-corrected chi connectivity index (χ2v) is 36.5. The second kappa shape index (κ2) is 38.2. The summed E-state index contributed by atoms with van der Waals surface area (Å²) in [5, 5.41) is 7.11. The van der Waals surface area contributed by atoms with Crippen LogP contribution in [0.25, 0.3) is 43.2 Å². The van der Waals surface area contributed by atoms with Crippen LogP contribution in [0.3, 0.4) is 0 Å². The van der Waals surface area contributed by atoms with Gasteiger partial charge in [-0.1, -0.05) is 91.5 Å². The quantitative estimate of drug-likeness (QED) is 0.0183. The lowest BCUT2D eigenvalue weighted by Gasteiger charge is -2.30. The molecule has 0 unspecified atom stereocenters. The molecule has 2 aromatic carbocycles. The molecule has 2 saturated carbocycles. The van der Waals surface area contributed by atoms with Crippen molar-refractivity contribution in [1.29, 1.82) is 0 Å². The van der Waals surface area contributed by atoms with Gasteiger partial charge in [0.05, 0.1) is 98.7 Å². The van der Waals surface area contributed by atoms with Gasteiger partial charge < -0.3 is 47.7 Å². The van der Waals surface area contributed by atoms with E-state index in [1.165, 1.54) is 22.7 Å². The number of carbonyl (C=O) groups is 8. The summed E-state index contributed by atoms with van der Waals surface area (Å²) in [6.07, 6.45) is 14.8. The number of aryl methyl sites for hydroxylation is 2. The van der Waals surface area contributed by atoms with Crippen LogP contribution in [-0.4, -0.2) is 153 Å². The molecule has 2 amide bonds. The Morgan fingerprint density at radius 2 is 1.24 bits per heavy atom. The Bertz CT molecular complexity index is 4620. The van der Waals surface area contributed by atoms with Crippen molar-refractivity contribution in [3.8, 4) is 44.4 Å². The Balaban J connectivity index is 0.000000245. The molecule has 2 aliphatic carbocycles. The minimum Gasteiger partial charge on any atom is -0.496 e. The number of ketones is 2. The number of nitrogens with zero attached hydrogens (tertiary/aromatic N) is 6. The number of unbranched alkanes of at least 4 members (excludes halogenated alkanes) is 3. The van der Waals surface area contributed by atoms with E-state index in [9.17, 15) is 38.4 Å². The minimum absolute atomic E-state index is 0.0490. The molecule has 0 radical (unpaired) electrons. The lowest BCUT2D eigenvalue weighted by molar-refractivity contribution is -0.159. The van der Waals surface area contributed by atoms with E-state index >= 15 is 0 Å². The fourth-order valence-corrected chi connectivity index (χ4v) is 18.6. The van der Waals surface area contributed by atoms with Gasteiger partial charge in [-0.2, -0.15) is 0 Å². The fourth-order valence-electron chi connectivity index (χ4n) is 16.7. The SMILES string of the molecule is C=CCCCCC[C@H](CC(=O)OC(C)(C)C)C(=O)N1C[C@H](Oc2cc(-c3nc(C(C)C)cs3)nc3c(C)c(OC)ccc23)[C@@H](C)[C@H]1C(=O)C[C@]1(C(=O)OCC)C[C@H]1C=C.CCOC(=O)[C@]12CC(=O)[C@@H]3[C@H](C)[C@@H](Oc4cc(-c5nc(C(C)C)cs5)nc5c(C)c(OC)ccc45)CN3C(=O)[C@@H](CC(=O)OC(C)(C)C)CCCCC/C=C\[C@@H]1C2. The van der Waals surface area contributed by atoms with Crippen molar-refractivity contribution >= 4 is 91.7 Å². The number of rotatable bonds is 29. The first kappa shape index (κ1) is 89.4. The number of pyridine rings is 2. The van der Waals surface area contributed by atoms with Crippen molar-refractivity contribution < 1.29 is 76.3 Å². The van der Waals surface area contributed by atoms with Gasteiger partial charge in [0.15, 0.2) is 11.6 Å². The van der Waals surface area contributed by atoms with E-state index in [1.807, 2.05) is 102 Å². The highest BCUT2D eigenvalue weighted by Gasteiger charge is 2.64. The number of esters is 4. The maximum absolute atomic E-state index is 14.9. The van der Waals surface area contributed by atoms with Gasteiger partial charge in [-0.3, -0.25) is 38.4 Å². The number of allylic oxidation sites excluding steroid dienone is 4. The van der Waals surface area contributed by atoms with Gasteiger partial charge in [0, 0.05) is 81.3 Å². The molecule has 3 aliphatic heterocycles. The molecule has 116 heavy (non-hydrogen) atoms. The first-order valence-electron chi connectivity index (χ1n) is 41.6. The van der Waals surface area contributed by atoms with E-state index in [4.69, 9.17) is 57.8 Å². The van der Waals surface area contributed by atoms with E-state index in [1.54, 1.807) is 64.7 Å². The standard InChI is InChI=1S/C47H63N3O8S.C45H59N3O8S/c1-12-15-16-17-18-19-31(22-40(52)58-46(8,9)10)44(53)50-26-39(30(7)42(50)36(51)25-47(24-32(47)13-2)45(54)56-14-3)57-38-23-34(43-49-35(27-59-43)28(4)5)48-41-29(6)37(55-11)21-20-33(38)41;1-10-54-43(52)45-22-30(45)17-15-13-11-12-14-16-29(20-38(50)56-44(6,7)8)42(51)48-24-37(28(5)40(48)34(49)23-45)55-36-21-32(41-47-33(25-57-41)26(2)3)46-39-27(4)35(53-9)19-18-31(36)39/h12-13,20-21,23,27-28,30-32,39,42H,1-2,14-19,22,24-26H2,3-11H3;15,17-19,21,25-26,28-30,37,40H,10-14,16,20,22-24H2,1-9H3/b;17-15-/t30-,31-,32-,39+,42+,47-;28-,29-,30-,37+,40+,45-/m11/s1. The predicted molar refractivity (Wildman–Crippen MR) is 452 cm³/mol. The average molecular weight is 1630 g/mol. The number of Topliss-reactive ketones (excluding diaryl/α,β-unsaturated/α-hetero) is 2. The molecule has 11 rings (SSSR count). The van der Waals surface area contributed by atoms with Crippen molar-refractivity contribution in [3.05, 3.63) is 107 Å². The Morgan fingerprint density at radius 1 is 0.681 bits per heavy atom. The summed E-state index contributed by atoms with van der Waals surface area (Å²) >= 11 is 3.03. The number of thiazole rings is 2. The summed E-state index contributed by atoms with van der Waals surface area (Å²) in [5.41, 5.74) is 2.88. The number of amides is 2. The number of benzene rings is 2. The van der Waals surface area contributed by atoms with E-state index < -0.39 is 87.9 Å². The molecule has 0 bridgehead atoms. The Morgan fingerprint density at radius 3 is 1.76 bits per heavy atom. The number of hydrogen-bond donors (Lipinski definition) is 0. The number of methoxy groups -OCH3 is 2. The van der Waals surface area contributed by atoms with Crippen molar-refractivity contribution in [1.82, 2.24) is 29.7 Å². The van der Waals surface area contributed by atoms with E-state index in [0.717, 1.165) is 88.2 Å². The molecule has 6 aromatic rings. The highest BCUT2D eigenvalue weighted by atomic mass is 32.1. The van der Waals surface area contributed by atoms with Crippen molar-refractivity contribution in [2.45, 2.75) is 261 Å². The number of carbonyl (C=O) groups excluding carboxylic acids is 8. The van der Waals surface area contributed by atoms with Gasteiger partial charge in [0.25, 0.3) is 0 Å². The van der Waals surface area contributed by atoms with Gasteiger partial charge in [0.1, 0.15) is 67.8 Å². The highest BCUT2D eigenvalue weighted by Crippen LogP contribution is 2.59. The van der Waals surface area contributed by atoms with Gasteiger partial charge in [-0.15, -0.1) is 35.8 Å². The van der Waals surface area contributed by atoms with Crippen LogP contribution in [-0.2, 0) is 57.3 Å². The molecule has 2 saturated heterocycles. The molecule has 12 atom stereocenters. The van der Waals surface area contributed by atoms with Crippen LogP contribution in [0.2, 0.25) is 0 Å². The molecule has 628 valence electrons. The van der Waals surface area contributed by atoms with Crippen LogP contribution < -0.4 is 18.9 Å². The second-order valence-electron chi connectivity index (χ2n) is 34.8. The molecular weight excluding hydrogens is 1510 g/mol. The zero-order valence-corrected chi connectivity index (χ0v) is 73.1. The summed E-state index contributed by atoms with van der Waals surface area (Å²) in [4.78, 5) is 136. The summed E-state index contributed by atoms with van der Waals surface area (Å²) in [5.74, 6) is -2.46. The summed E-state index contributed by atoms with van der Waals surface area (Å²) in [6.45, 7) is 38.9. The smallest absolute Gasteiger partial charge is 0.313 e. The largest absolute Gasteiger partial charge is 0.496 e. The van der Waals surface area contributed by atoms with Crippen LogP contribution in [0.4, 0.5) is 0 Å². The van der Waals surface area contributed by atoms with Crippen molar-refractivity contribution in [2.24, 2.45) is 46.3 Å². The first-order valence-corrected chi connectivity index (χ1v) is 43.4. The van der Waals surface area contributed by atoms with Crippen LogP contribution in [0.5, 0.6) is 23.0 Å². The normalized spacial score (nSPS) is 24.1. The molecule has 0 spiro atoms. The molecule has 24 heteroatoms. The summed E-state index contributed by atoms with van der Waals surface area (Å²) in [6, 6.07) is 9.57. The zero-order chi connectivity index (χ0) is 84.5. The van der Waals surface area contributed by atoms with E-state index in [0.29, 0.717) is 77.5 Å². The highest BCUT2D eigenvalue weighted by molar-refractivity contribution is 7.13. The summed E-state index contributed by atoms with van der Waals surface area (Å²) < 4.78 is 47.7. The number of aromatic nitrogens is 4. The van der Waals surface area contributed by atoms with Gasteiger partial charge in [0.2, 0.25) is 11.8 Å². The molecule has 4 aromatic heterocycles. The number of fused-ring (bicyclic) bond motifs is 4. The maximum Gasteiger partial charge on any atom is 0.313 e. The van der Waals surface area contributed by atoms with E-state index in [2.05, 4.69) is 53.0 Å². The third kappa shape index (κ3) is 20.8. The van der Waals surface area contributed by atoms with Gasteiger partial charge in [-0.25, -0.2) is 19.9 Å². The third-order valence-electron chi connectivity index (χ3n) is 23.3. The minimum atomic E-state index is -1.03. The van der Waals surface area contributed by atoms with Crippen LogP contribution >= 0.6 is 22.7 Å². The predicted octanol–water partition coefficient (Wildman–Crippen LogP) is 18.4. The molecule has 7 heterocycles. The maximum atomic E-state index is 14.9. The molecule has 4 fully saturated rings. The average Bonchev–Trinajstić information content (AvgIpc) is 1.57. The lowest BCUT2D eigenvalue weighted by Crippen LogP contribution is -2.47. The Labute approximate surface area is 693 Å². The molecule has 5 aliphatic rings. The number of ether oxygens (including phenoxy) is 8. The number of likely N-dealkylation sites (tertiary alicyclic amines) is 1. The van der Waals surface area contributed by atoms with Crippen molar-refractivity contribution in [3.63, 3.8) is 0 Å². The van der Waals surface area contributed by atoms with Crippen LogP contribution in [0.15, 0.2) is 84.6 Å². The Kier molecular flexibility index (Phi) is 29.5. The summed E-state index contributed by atoms with van der Waals surface area (Å²) in [7, 11) is 3.25. The fraction of sp³-hybridized carbons (Fsp3) is 0.587. The van der Waals surface area contributed by atoms with Gasteiger partial charge in [-0.05, 0) is 169 Å². The molecular formula is C92H122N6O16S2.